The fourth-order valence-corrected chi connectivity index (χ4v) is 2.34. The van der Waals surface area contributed by atoms with Gasteiger partial charge >= 0.3 is 0 Å². The van der Waals surface area contributed by atoms with Crippen molar-refractivity contribution in [1.29, 1.82) is 0 Å². The number of hydrogen-bond acceptors (Lipinski definition) is 3. The highest BCUT2D eigenvalue weighted by molar-refractivity contribution is 5.89. The number of nitrogens with zero attached hydrogens (tertiary/aromatic N) is 2. The Morgan fingerprint density at radius 1 is 1.22 bits per heavy atom. The normalized spacial score (nSPS) is 11.3. The van der Waals surface area contributed by atoms with Crippen LogP contribution in [0.15, 0.2) is 28.8 Å². The van der Waals surface area contributed by atoms with Crippen molar-refractivity contribution < 1.29 is 4.52 Å². The van der Waals surface area contributed by atoms with Gasteiger partial charge in [0.1, 0.15) is 5.69 Å². The maximum atomic E-state index is 5.55. The topological polar surface area (TPSA) is 57.0 Å². The predicted molar refractivity (Wildman–Crippen MR) is 72.3 cm³/mol. The third kappa shape index (κ3) is 1.42. The number of hydrogen-bond donors (Lipinski definition) is 1. The van der Waals surface area contributed by atoms with Crippen LogP contribution in [0, 0.1) is 13.8 Å². The second-order valence-corrected chi connectivity index (χ2v) is 4.62. The van der Waals surface area contributed by atoms with Crippen LogP contribution in [0.1, 0.15) is 11.3 Å². The summed E-state index contributed by atoms with van der Waals surface area (Å²) >= 11 is 0. The molecule has 4 nitrogen and oxygen atoms in total. The van der Waals surface area contributed by atoms with Gasteiger partial charge in [0, 0.05) is 35.3 Å². The highest BCUT2D eigenvalue weighted by Crippen LogP contribution is 2.29. The number of aromatic nitrogens is 2. The van der Waals surface area contributed by atoms with Gasteiger partial charge in [0.15, 0.2) is 0 Å². The van der Waals surface area contributed by atoms with Gasteiger partial charge in [-0.2, -0.15) is 0 Å². The quantitative estimate of drug-likeness (QED) is 0.712. The van der Waals surface area contributed by atoms with Crippen LogP contribution in [-0.4, -0.2) is 9.72 Å². The molecule has 0 aliphatic heterocycles. The largest absolute Gasteiger partial charge is 0.368 e. The maximum Gasteiger partial charge on any atom is 0.222 e. The standard InChI is InChI=1S/C14H15N3O/c1-8-9(2)17(3)13-5-4-10(6-11(8)13)12-7-14(15)18-16-12/h4-7H,15H2,1-3H3. The van der Waals surface area contributed by atoms with Crippen molar-refractivity contribution in [2.45, 2.75) is 13.8 Å². The van der Waals surface area contributed by atoms with Crippen molar-refractivity contribution >= 4 is 16.8 Å². The first-order valence-corrected chi connectivity index (χ1v) is 5.86. The Morgan fingerprint density at radius 3 is 2.67 bits per heavy atom. The number of rotatable bonds is 1. The lowest BCUT2D eigenvalue weighted by Crippen LogP contribution is -1.89. The molecule has 4 heteroatoms. The summed E-state index contributed by atoms with van der Waals surface area (Å²) in [6.07, 6.45) is 0. The molecule has 0 fully saturated rings. The molecular formula is C14H15N3O. The molecule has 3 aromatic rings. The summed E-state index contributed by atoms with van der Waals surface area (Å²) in [5.41, 5.74) is 11.2. The average Bonchev–Trinajstić information content (AvgIpc) is 2.89. The van der Waals surface area contributed by atoms with Gasteiger partial charge in [-0.25, -0.2) is 0 Å². The van der Waals surface area contributed by atoms with E-state index in [4.69, 9.17) is 10.3 Å². The van der Waals surface area contributed by atoms with Crippen molar-refractivity contribution in [2.75, 3.05) is 5.73 Å². The highest BCUT2D eigenvalue weighted by Gasteiger charge is 2.11. The van der Waals surface area contributed by atoms with E-state index in [0.29, 0.717) is 5.88 Å². The lowest BCUT2D eigenvalue weighted by Gasteiger charge is -1.99. The zero-order chi connectivity index (χ0) is 12.9. The monoisotopic (exact) mass is 241 g/mol. The van der Waals surface area contributed by atoms with E-state index >= 15 is 0 Å². The first-order valence-electron chi connectivity index (χ1n) is 5.86. The number of fused-ring (bicyclic) bond motifs is 1. The van der Waals surface area contributed by atoms with E-state index < -0.39 is 0 Å². The summed E-state index contributed by atoms with van der Waals surface area (Å²) in [5, 5.41) is 5.19. The molecule has 0 atom stereocenters. The molecule has 0 amide bonds. The summed E-state index contributed by atoms with van der Waals surface area (Å²) in [5.74, 6) is 0.339. The number of benzene rings is 1. The fourth-order valence-electron chi connectivity index (χ4n) is 2.34. The van der Waals surface area contributed by atoms with Gasteiger partial charge in [-0.15, -0.1) is 0 Å². The van der Waals surface area contributed by atoms with E-state index in [-0.39, 0.29) is 0 Å². The van der Waals surface area contributed by atoms with E-state index in [9.17, 15) is 0 Å². The molecule has 92 valence electrons. The summed E-state index contributed by atoms with van der Waals surface area (Å²) in [7, 11) is 2.08. The minimum absolute atomic E-state index is 0.339. The van der Waals surface area contributed by atoms with Crippen molar-refractivity contribution in [3.8, 4) is 11.3 Å². The van der Waals surface area contributed by atoms with E-state index in [1.165, 1.54) is 22.2 Å². The molecule has 0 aliphatic rings. The molecule has 0 radical (unpaired) electrons. The molecule has 1 aromatic carbocycles. The van der Waals surface area contributed by atoms with Gasteiger partial charge in [-0.05, 0) is 31.5 Å². The number of anilines is 1. The molecular weight excluding hydrogens is 226 g/mol. The van der Waals surface area contributed by atoms with Gasteiger partial charge in [0.05, 0.1) is 0 Å². The summed E-state index contributed by atoms with van der Waals surface area (Å²) in [4.78, 5) is 0. The van der Waals surface area contributed by atoms with Crippen LogP contribution >= 0.6 is 0 Å². The fraction of sp³-hybridized carbons (Fsp3) is 0.214. The number of aryl methyl sites for hydroxylation is 2. The van der Waals surface area contributed by atoms with E-state index in [0.717, 1.165) is 11.3 Å². The number of nitrogen functional groups attached to an aromatic ring is 1. The third-order valence-electron chi connectivity index (χ3n) is 3.63. The molecule has 18 heavy (non-hydrogen) atoms. The maximum absolute atomic E-state index is 5.55. The molecule has 0 saturated carbocycles. The molecule has 0 spiro atoms. The number of nitrogens with two attached hydrogens (primary N) is 1. The second kappa shape index (κ2) is 3.63. The molecule has 0 unspecified atom stereocenters. The van der Waals surface area contributed by atoms with Gasteiger partial charge in [-0.1, -0.05) is 11.2 Å². The van der Waals surface area contributed by atoms with E-state index in [1.807, 2.05) is 6.07 Å². The van der Waals surface area contributed by atoms with Gasteiger partial charge in [-0.3, -0.25) is 0 Å². The van der Waals surface area contributed by atoms with Crippen LogP contribution in [-0.2, 0) is 7.05 Å². The SMILES string of the molecule is Cc1c(C)n(C)c2ccc(-c3cc(N)on3)cc12. The zero-order valence-corrected chi connectivity index (χ0v) is 10.7. The van der Waals surface area contributed by atoms with Crippen LogP contribution in [0.25, 0.3) is 22.2 Å². The lowest BCUT2D eigenvalue weighted by atomic mass is 10.1. The predicted octanol–water partition coefficient (Wildman–Crippen LogP) is 3.03. The lowest BCUT2D eigenvalue weighted by molar-refractivity contribution is 0.439. The zero-order valence-electron chi connectivity index (χ0n) is 10.7. The van der Waals surface area contributed by atoms with Crippen molar-refractivity contribution in [1.82, 2.24) is 9.72 Å². The first-order chi connectivity index (χ1) is 8.58. The summed E-state index contributed by atoms with van der Waals surface area (Å²) < 4.78 is 7.11. The highest BCUT2D eigenvalue weighted by atomic mass is 16.5. The van der Waals surface area contributed by atoms with Crippen LogP contribution < -0.4 is 5.73 Å². The Bertz CT molecular complexity index is 737. The minimum atomic E-state index is 0.339. The molecule has 3 rings (SSSR count). The Labute approximate surface area is 105 Å². The third-order valence-corrected chi connectivity index (χ3v) is 3.63. The van der Waals surface area contributed by atoms with Crippen molar-refractivity contribution in [2.24, 2.45) is 7.05 Å². The van der Waals surface area contributed by atoms with Crippen LogP contribution in [0.4, 0.5) is 5.88 Å². The Balaban J connectivity index is 2.25. The summed E-state index contributed by atoms with van der Waals surface area (Å²) in [6.45, 7) is 4.27. The first kappa shape index (κ1) is 10.9. The van der Waals surface area contributed by atoms with Crippen LogP contribution in [0.2, 0.25) is 0 Å². The van der Waals surface area contributed by atoms with Crippen molar-refractivity contribution in [3.63, 3.8) is 0 Å². The molecule has 2 aromatic heterocycles. The van der Waals surface area contributed by atoms with Crippen molar-refractivity contribution in [3.05, 3.63) is 35.5 Å². The van der Waals surface area contributed by atoms with Gasteiger partial charge in [0.25, 0.3) is 0 Å². The molecule has 0 aliphatic carbocycles. The van der Waals surface area contributed by atoms with Gasteiger partial charge in [0.2, 0.25) is 5.88 Å². The molecule has 0 bridgehead atoms. The molecule has 2 N–H and O–H groups in total. The van der Waals surface area contributed by atoms with E-state index in [2.05, 4.69) is 42.8 Å². The van der Waals surface area contributed by atoms with Crippen LogP contribution in [0.3, 0.4) is 0 Å². The Hall–Kier alpha value is -2.23. The Morgan fingerprint density at radius 2 is 2.00 bits per heavy atom. The average molecular weight is 241 g/mol. The minimum Gasteiger partial charge on any atom is -0.368 e. The Kier molecular flexibility index (Phi) is 2.20. The summed E-state index contributed by atoms with van der Waals surface area (Å²) in [6, 6.07) is 8.02. The molecule has 0 saturated heterocycles. The molecule has 2 heterocycles. The van der Waals surface area contributed by atoms with Gasteiger partial charge < -0.3 is 14.8 Å². The van der Waals surface area contributed by atoms with E-state index in [1.54, 1.807) is 6.07 Å². The second-order valence-electron chi connectivity index (χ2n) is 4.62. The van der Waals surface area contributed by atoms with Crippen LogP contribution in [0.5, 0.6) is 0 Å². The smallest absolute Gasteiger partial charge is 0.222 e.